The predicted molar refractivity (Wildman–Crippen MR) is 77.6 cm³/mol. The number of hydrogen-bond donors (Lipinski definition) is 1. The largest absolute Gasteiger partial charge is 0.454 e. The van der Waals surface area contributed by atoms with Gasteiger partial charge in [-0.2, -0.15) is 0 Å². The van der Waals surface area contributed by atoms with Crippen LogP contribution in [0.4, 0.5) is 8.78 Å². The van der Waals surface area contributed by atoms with Crippen molar-refractivity contribution in [1.29, 1.82) is 0 Å². The van der Waals surface area contributed by atoms with Crippen LogP contribution in [0, 0.1) is 0 Å². The quantitative estimate of drug-likeness (QED) is 0.924. The van der Waals surface area contributed by atoms with E-state index in [1.54, 1.807) is 6.07 Å². The molecule has 1 aromatic carbocycles. The van der Waals surface area contributed by atoms with Gasteiger partial charge in [0.1, 0.15) is 0 Å². The van der Waals surface area contributed by atoms with Gasteiger partial charge in [-0.25, -0.2) is 8.78 Å². The van der Waals surface area contributed by atoms with E-state index in [1.165, 1.54) is 0 Å². The second-order valence-corrected chi connectivity index (χ2v) is 5.04. The highest BCUT2D eigenvalue weighted by Gasteiger charge is 2.27. The van der Waals surface area contributed by atoms with Gasteiger partial charge >= 0.3 is 0 Å². The number of alkyl halides is 2. The van der Waals surface area contributed by atoms with Gasteiger partial charge in [-0.3, -0.25) is 4.90 Å². The standard InChI is InChI=1S/C14H18F2N2O2.ClH/c15-14(16)8-11(18-5-3-17-4-6-18)10-1-2-12-13(7-10)20-9-19-12;/h1-2,7,11,14,17H,3-6,8-9H2;1H/t11-;/m1./s1. The molecule has 2 aliphatic heterocycles. The molecule has 1 fully saturated rings. The summed E-state index contributed by atoms with van der Waals surface area (Å²) in [6.07, 6.45) is -2.47. The fourth-order valence-corrected chi connectivity index (χ4v) is 2.78. The molecule has 0 bridgehead atoms. The molecule has 1 atom stereocenters. The van der Waals surface area contributed by atoms with Crippen LogP contribution < -0.4 is 14.8 Å². The number of benzene rings is 1. The maximum atomic E-state index is 12.9. The van der Waals surface area contributed by atoms with Gasteiger partial charge in [-0.05, 0) is 17.7 Å². The fourth-order valence-electron chi connectivity index (χ4n) is 2.78. The molecule has 4 nitrogen and oxygen atoms in total. The molecule has 0 amide bonds. The normalized spacial score (nSPS) is 19.4. The van der Waals surface area contributed by atoms with Crippen molar-refractivity contribution in [2.75, 3.05) is 33.0 Å². The van der Waals surface area contributed by atoms with Gasteiger partial charge < -0.3 is 14.8 Å². The Kier molecular flexibility index (Phi) is 5.61. The van der Waals surface area contributed by atoms with Crippen molar-refractivity contribution in [1.82, 2.24) is 10.2 Å². The Balaban J connectivity index is 0.00000161. The maximum Gasteiger partial charge on any atom is 0.240 e. The Bertz CT molecular complexity index is 470. The van der Waals surface area contributed by atoms with Crippen LogP contribution in [0.3, 0.4) is 0 Å². The van der Waals surface area contributed by atoms with Crippen LogP contribution in [0.5, 0.6) is 11.5 Å². The Morgan fingerprint density at radius 2 is 1.86 bits per heavy atom. The molecule has 0 aromatic heterocycles. The lowest BCUT2D eigenvalue weighted by Gasteiger charge is -2.35. The first-order valence-electron chi connectivity index (χ1n) is 6.86. The van der Waals surface area contributed by atoms with Crippen molar-refractivity contribution in [3.63, 3.8) is 0 Å². The second kappa shape index (κ2) is 7.24. The molecule has 0 unspecified atom stereocenters. The van der Waals surface area contributed by atoms with Crippen LogP contribution in [0.1, 0.15) is 18.0 Å². The van der Waals surface area contributed by atoms with E-state index in [1.807, 2.05) is 12.1 Å². The number of ether oxygens (including phenoxy) is 2. The van der Waals surface area contributed by atoms with Crippen molar-refractivity contribution in [2.24, 2.45) is 0 Å². The SMILES string of the molecule is Cl.FC(F)C[C@H](c1ccc2c(c1)OCO2)N1CCNCC1. The van der Waals surface area contributed by atoms with E-state index in [0.29, 0.717) is 11.5 Å². The summed E-state index contributed by atoms with van der Waals surface area (Å²) in [5, 5.41) is 3.24. The van der Waals surface area contributed by atoms with E-state index in [-0.39, 0.29) is 31.7 Å². The van der Waals surface area contributed by atoms with Crippen molar-refractivity contribution in [3.8, 4) is 11.5 Å². The zero-order valence-corrected chi connectivity index (χ0v) is 12.4. The van der Waals surface area contributed by atoms with E-state index >= 15 is 0 Å². The number of fused-ring (bicyclic) bond motifs is 1. The van der Waals surface area contributed by atoms with Crippen molar-refractivity contribution < 1.29 is 18.3 Å². The number of rotatable bonds is 4. The molecular weight excluding hydrogens is 302 g/mol. The van der Waals surface area contributed by atoms with Crippen LogP contribution in [0.25, 0.3) is 0 Å². The molecule has 21 heavy (non-hydrogen) atoms. The Morgan fingerprint density at radius 3 is 2.57 bits per heavy atom. The number of hydrogen-bond acceptors (Lipinski definition) is 4. The minimum Gasteiger partial charge on any atom is -0.454 e. The monoisotopic (exact) mass is 320 g/mol. The second-order valence-electron chi connectivity index (χ2n) is 5.04. The van der Waals surface area contributed by atoms with Crippen LogP contribution >= 0.6 is 12.4 Å². The highest BCUT2D eigenvalue weighted by atomic mass is 35.5. The van der Waals surface area contributed by atoms with Gasteiger partial charge in [0.25, 0.3) is 0 Å². The van der Waals surface area contributed by atoms with Crippen LogP contribution in [0.15, 0.2) is 18.2 Å². The van der Waals surface area contributed by atoms with Crippen molar-refractivity contribution >= 4 is 12.4 Å². The summed E-state index contributed by atoms with van der Waals surface area (Å²) < 4.78 is 36.4. The molecule has 7 heteroatoms. The average Bonchev–Trinajstić information content (AvgIpc) is 2.93. The summed E-state index contributed by atoms with van der Waals surface area (Å²) in [4.78, 5) is 2.11. The third kappa shape index (κ3) is 3.75. The van der Waals surface area contributed by atoms with E-state index in [0.717, 1.165) is 31.7 Å². The molecule has 3 rings (SSSR count). The minimum atomic E-state index is -2.32. The molecule has 0 radical (unpaired) electrons. The average molecular weight is 321 g/mol. The smallest absolute Gasteiger partial charge is 0.240 e. The fraction of sp³-hybridized carbons (Fsp3) is 0.571. The van der Waals surface area contributed by atoms with Gasteiger partial charge in [0.15, 0.2) is 11.5 Å². The maximum absolute atomic E-state index is 12.9. The summed E-state index contributed by atoms with van der Waals surface area (Å²) >= 11 is 0. The van der Waals surface area contributed by atoms with Crippen molar-refractivity contribution in [3.05, 3.63) is 23.8 Å². The summed E-state index contributed by atoms with van der Waals surface area (Å²) in [6.45, 7) is 3.44. The third-order valence-electron chi connectivity index (χ3n) is 3.78. The number of nitrogens with one attached hydrogen (secondary N) is 1. The molecular formula is C14H19ClF2N2O2. The molecule has 2 aliphatic rings. The summed E-state index contributed by atoms with van der Waals surface area (Å²) in [7, 11) is 0. The molecule has 0 saturated carbocycles. The summed E-state index contributed by atoms with van der Waals surface area (Å²) in [5.74, 6) is 1.33. The highest BCUT2D eigenvalue weighted by Crippen LogP contribution is 2.37. The van der Waals surface area contributed by atoms with E-state index < -0.39 is 6.43 Å². The summed E-state index contributed by atoms with van der Waals surface area (Å²) in [6, 6.07) is 5.23. The lowest BCUT2D eigenvalue weighted by molar-refractivity contribution is 0.0738. The number of nitrogens with zero attached hydrogens (tertiary/aromatic N) is 1. The first-order valence-corrected chi connectivity index (χ1v) is 6.86. The molecule has 1 N–H and O–H groups in total. The minimum absolute atomic E-state index is 0. The molecule has 0 spiro atoms. The molecule has 1 saturated heterocycles. The zero-order valence-electron chi connectivity index (χ0n) is 11.6. The van der Waals surface area contributed by atoms with Gasteiger partial charge in [-0.15, -0.1) is 12.4 Å². The van der Waals surface area contributed by atoms with E-state index in [2.05, 4.69) is 10.2 Å². The predicted octanol–water partition coefficient (Wildman–Crippen LogP) is 2.44. The van der Waals surface area contributed by atoms with Crippen LogP contribution in [0.2, 0.25) is 0 Å². The molecule has 0 aliphatic carbocycles. The lowest BCUT2D eigenvalue weighted by Crippen LogP contribution is -2.45. The lowest BCUT2D eigenvalue weighted by atomic mass is 10.0. The van der Waals surface area contributed by atoms with Gasteiger partial charge in [0.05, 0.1) is 0 Å². The third-order valence-corrected chi connectivity index (χ3v) is 3.78. The Hall–Kier alpha value is -1.11. The first-order chi connectivity index (χ1) is 9.74. The molecule has 2 heterocycles. The number of piperazine rings is 1. The van der Waals surface area contributed by atoms with Gasteiger partial charge in [-0.1, -0.05) is 6.07 Å². The zero-order chi connectivity index (χ0) is 13.9. The topological polar surface area (TPSA) is 33.7 Å². The van der Waals surface area contributed by atoms with Crippen LogP contribution in [-0.2, 0) is 0 Å². The number of halogens is 3. The first kappa shape index (κ1) is 16.3. The van der Waals surface area contributed by atoms with E-state index in [9.17, 15) is 8.78 Å². The molecule has 118 valence electrons. The van der Waals surface area contributed by atoms with Gasteiger partial charge in [0, 0.05) is 38.6 Å². The summed E-state index contributed by atoms with van der Waals surface area (Å²) in [5.41, 5.74) is 0.872. The van der Waals surface area contributed by atoms with Gasteiger partial charge in [0.2, 0.25) is 13.2 Å². The Labute approximate surface area is 128 Å². The molecule has 1 aromatic rings. The van der Waals surface area contributed by atoms with Crippen LogP contribution in [-0.4, -0.2) is 44.3 Å². The Morgan fingerprint density at radius 1 is 1.14 bits per heavy atom. The highest BCUT2D eigenvalue weighted by molar-refractivity contribution is 5.85. The van der Waals surface area contributed by atoms with E-state index in [4.69, 9.17) is 9.47 Å². The van der Waals surface area contributed by atoms with Crippen molar-refractivity contribution in [2.45, 2.75) is 18.9 Å².